The molecule has 3 rings (SSSR count). The molecule has 28 heavy (non-hydrogen) atoms. The zero-order chi connectivity index (χ0) is 20.1. The third-order valence-corrected chi connectivity index (χ3v) is 5.76. The molecule has 2 aromatic carbocycles. The number of thioether (sulfide) groups is 1. The molecule has 148 valence electrons. The molecule has 1 aliphatic rings. The Hall–Kier alpha value is -2.47. The number of hydrogen-bond acceptors (Lipinski definition) is 3. The average molecular weight is 398 g/mol. The highest BCUT2D eigenvalue weighted by Gasteiger charge is 2.22. The highest BCUT2D eigenvalue weighted by Crippen LogP contribution is 2.25. The molecule has 1 unspecified atom stereocenters. The van der Waals surface area contributed by atoms with Gasteiger partial charge in [-0.2, -0.15) is 0 Å². The Balaban J connectivity index is 1.60. The highest BCUT2D eigenvalue weighted by molar-refractivity contribution is 7.98. The molecule has 2 aromatic rings. The molecule has 1 aliphatic heterocycles. The molecule has 0 radical (unpaired) electrons. The minimum absolute atomic E-state index is 0.121. The molecule has 1 atom stereocenters. The molecule has 0 bridgehead atoms. The Morgan fingerprint density at radius 2 is 2.00 bits per heavy atom. The van der Waals surface area contributed by atoms with E-state index in [2.05, 4.69) is 29.6 Å². The zero-order valence-electron chi connectivity index (χ0n) is 16.6. The van der Waals surface area contributed by atoms with Gasteiger partial charge in [-0.1, -0.05) is 24.3 Å². The summed E-state index contributed by atoms with van der Waals surface area (Å²) in [5.41, 5.74) is 2.99. The number of urea groups is 1. The van der Waals surface area contributed by atoms with E-state index in [9.17, 15) is 9.59 Å². The summed E-state index contributed by atoms with van der Waals surface area (Å²) >= 11 is 1.70. The van der Waals surface area contributed by atoms with E-state index in [4.69, 9.17) is 0 Å². The fourth-order valence-corrected chi connectivity index (χ4v) is 3.75. The smallest absolute Gasteiger partial charge is 0.317 e. The molecule has 0 spiro atoms. The summed E-state index contributed by atoms with van der Waals surface area (Å²) in [6.07, 6.45) is 3.56. The van der Waals surface area contributed by atoms with Crippen molar-refractivity contribution >= 4 is 29.4 Å². The third-order valence-electron chi connectivity index (χ3n) is 5.02. The molecule has 6 heteroatoms. The topological polar surface area (TPSA) is 52.7 Å². The van der Waals surface area contributed by atoms with Crippen LogP contribution in [0, 0.1) is 0 Å². The molecule has 0 saturated carbocycles. The van der Waals surface area contributed by atoms with Crippen molar-refractivity contribution < 1.29 is 9.59 Å². The predicted molar refractivity (Wildman–Crippen MR) is 115 cm³/mol. The van der Waals surface area contributed by atoms with Crippen LogP contribution in [0.25, 0.3) is 0 Å². The first kappa shape index (κ1) is 20.3. The average Bonchev–Trinajstić information content (AvgIpc) is 3.14. The molecule has 1 fully saturated rings. The van der Waals surface area contributed by atoms with Gasteiger partial charge in [-0.3, -0.25) is 4.79 Å². The maximum atomic E-state index is 12.6. The first-order valence-corrected chi connectivity index (χ1v) is 10.8. The monoisotopic (exact) mass is 397 g/mol. The summed E-state index contributed by atoms with van der Waals surface area (Å²) in [6.45, 7) is 3.28. The Kier molecular flexibility index (Phi) is 6.62. The van der Waals surface area contributed by atoms with E-state index in [1.165, 1.54) is 4.90 Å². The number of carbonyl (C=O) groups excluding carboxylic acids is 2. The molecule has 0 aromatic heterocycles. The van der Waals surface area contributed by atoms with Crippen LogP contribution in [0.15, 0.2) is 53.4 Å². The number of nitrogens with one attached hydrogen (secondary N) is 1. The summed E-state index contributed by atoms with van der Waals surface area (Å²) in [5.74, 6) is 0.168. The van der Waals surface area contributed by atoms with Gasteiger partial charge in [0.1, 0.15) is 0 Å². The van der Waals surface area contributed by atoms with Crippen LogP contribution in [0.2, 0.25) is 0 Å². The lowest BCUT2D eigenvalue weighted by Crippen LogP contribution is -2.38. The Labute approximate surface area is 171 Å². The summed E-state index contributed by atoms with van der Waals surface area (Å²) in [5, 5.41) is 3.05. The lowest BCUT2D eigenvalue weighted by Gasteiger charge is -2.23. The van der Waals surface area contributed by atoms with Gasteiger partial charge in [0.25, 0.3) is 0 Å². The first-order chi connectivity index (χ1) is 13.5. The second kappa shape index (κ2) is 9.15. The molecule has 1 N–H and O–H groups in total. The van der Waals surface area contributed by atoms with Crippen LogP contribution in [0.1, 0.15) is 36.9 Å². The quantitative estimate of drug-likeness (QED) is 0.733. The van der Waals surface area contributed by atoms with Gasteiger partial charge in [0.05, 0.1) is 6.04 Å². The summed E-state index contributed by atoms with van der Waals surface area (Å²) in [4.78, 5) is 29.3. The number of amides is 3. The molecule has 1 heterocycles. The van der Waals surface area contributed by atoms with Crippen molar-refractivity contribution in [3.8, 4) is 0 Å². The van der Waals surface area contributed by atoms with E-state index in [0.717, 1.165) is 29.8 Å². The van der Waals surface area contributed by atoms with Gasteiger partial charge in [-0.15, -0.1) is 11.8 Å². The zero-order valence-corrected chi connectivity index (χ0v) is 17.5. The highest BCUT2D eigenvalue weighted by atomic mass is 32.2. The van der Waals surface area contributed by atoms with E-state index in [1.54, 1.807) is 23.7 Å². The van der Waals surface area contributed by atoms with Crippen LogP contribution >= 0.6 is 11.8 Å². The van der Waals surface area contributed by atoms with Crippen LogP contribution in [-0.4, -0.2) is 36.7 Å². The molecular formula is C22H27N3O2S. The van der Waals surface area contributed by atoms with Gasteiger partial charge >= 0.3 is 6.03 Å². The number of nitrogens with zero attached hydrogens (tertiary/aromatic N) is 2. The van der Waals surface area contributed by atoms with Gasteiger partial charge in [0.2, 0.25) is 5.91 Å². The Morgan fingerprint density at radius 1 is 1.25 bits per heavy atom. The lowest BCUT2D eigenvalue weighted by molar-refractivity contribution is -0.117. The maximum absolute atomic E-state index is 12.6. The predicted octanol–water partition coefficient (Wildman–Crippen LogP) is 4.44. The van der Waals surface area contributed by atoms with Crippen molar-refractivity contribution in [1.82, 2.24) is 10.2 Å². The van der Waals surface area contributed by atoms with Gasteiger partial charge < -0.3 is 15.1 Å². The van der Waals surface area contributed by atoms with Crippen molar-refractivity contribution in [2.24, 2.45) is 0 Å². The van der Waals surface area contributed by atoms with Crippen LogP contribution in [-0.2, 0) is 11.3 Å². The van der Waals surface area contributed by atoms with Crippen LogP contribution in [0.5, 0.6) is 0 Å². The van der Waals surface area contributed by atoms with E-state index < -0.39 is 0 Å². The van der Waals surface area contributed by atoms with Crippen molar-refractivity contribution in [2.75, 3.05) is 24.7 Å². The number of benzene rings is 2. The van der Waals surface area contributed by atoms with Crippen molar-refractivity contribution in [3.05, 3.63) is 59.7 Å². The Morgan fingerprint density at radius 3 is 2.64 bits per heavy atom. The van der Waals surface area contributed by atoms with Gasteiger partial charge in [-0.25, -0.2) is 4.79 Å². The van der Waals surface area contributed by atoms with E-state index in [1.807, 2.05) is 42.3 Å². The van der Waals surface area contributed by atoms with Gasteiger partial charge in [0.15, 0.2) is 0 Å². The van der Waals surface area contributed by atoms with Gasteiger partial charge in [0, 0.05) is 37.1 Å². The second-order valence-corrected chi connectivity index (χ2v) is 8.00. The van der Waals surface area contributed by atoms with Crippen molar-refractivity contribution in [3.63, 3.8) is 0 Å². The Bertz CT molecular complexity index is 838. The number of hydrogen-bond donors (Lipinski definition) is 1. The van der Waals surface area contributed by atoms with Gasteiger partial charge in [-0.05, 0) is 55.0 Å². The first-order valence-electron chi connectivity index (χ1n) is 9.53. The molecular weight excluding hydrogens is 370 g/mol. The van der Waals surface area contributed by atoms with Crippen LogP contribution in [0.4, 0.5) is 10.5 Å². The second-order valence-electron chi connectivity index (χ2n) is 7.12. The standard InChI is InChI=1S/C22H27N3O2S/c1-16(18-6-4-7-19(14-18)25-13-5-8-21(25)26)23-22(27)24(2)15-17-9-11-20(28-3)12-10-17/h4,6-7,9-12,14,16H,5,8,13,15H2,1-3H3,(H,23,27). The van der Waals surface area contributed by atoms with Crippen molar-refractivity contribution in [1.29, 1.82) is 0 Å². The SMILES string of the molecule is CSc1ccc(CN(C)C(=O)NC(C)c2cccc(N3CCCC3=O)c2)cc1. The van der Waals surface area contributed by atoms with Crippen LogP contribution in [0.3, 0.4) is 0 Å². The fraction of sp³-hybridized carbons (Fsp3) is 0.364. The van der Waals surface area contributed by atoms with Crippen molar-refractivity contribution in [2.45, 2.75) is 37.2 Å². The van der Waals surface area contributed by atoms with E-state index in [-0.39, 0.29) is 18.0 Å². The minimum atomic E-state index is -0.147. The number of rotatable bonds is 6. The maximum Gasteiger partial charge on any atom is 0.317 e. The molecule has 3 amide bonds. The molecule has 0 aliphatic carbocycles. The van der Waals surface area contributed by atoms with E-state index in [0.29, 0.717) is 13.0 Å². The minimum Gasteiger partial charge on any atom is -0.331 e. The fourth-order valence-electron chi connectivity index (χ4n) is 3.34. The lowest BCUT2D eigenvalue weighted by atomic mass is 10.1. The molecule has 1 saturated heterocycles. The number of anilines is 1. The molecule has 5 nitrogen and oxygen atoms in total. The third kappa shape index (κ3) is 4.87. The summed E-state index contributed by atoms with van der Waals surface area (Å²) in [6, 6.07) is 15.8. The van der Waals surface area contributed by atoms with Crippen LogP contribution < -0.4 is 10.2 Å². The number of carbonyl (C=O) groups is 2. The summed E-state index contributed by atoms with van der Waals surface area (Å²) in [7, 11) is 1.80. The largest absolute Gasteiger partial charge is 0.331 e. The van der Waals surface area contributed by atoms with E-state index >= 15 is 0 Å². The normalized spacial score (nSPS) is 14.8. The summed E-state index contributed by atoms with van der Waals surface area (Å²) < 4.78 is 0.